The molecule has 2 aromatic heterocycles. The van der Waals surface area contributed by atoms with Gasteiger partial charge in [-0.05, 0) is 0 Å². The molecule has 0 N–H and O–H groups in total. The largest absolute Gasteiger partial charge is 0.424 e. The van der Waals surface area contributed by atoms with Crippen molar-refractivity contribution in [3.05, 3.63) is 24.2 Å². The Morgan fingerprint density at radius 1 is 1.40 bits per heavy atom. The molecule has 15 heavy (non-hydrogen) atoms. The fourth-order valence-corrected chi connectivity index (χ4v) is 1.88. The minimum Gasteiger partial charge on any atom is -0.424 e. The first-order valence-corrected chi connectivity index (χ1v) is 5.69. The van der Waals surface area contributed by atoms with Crippen molar-refractivity contribution in [3.8, 4) is 0 Å². The average Bonchev–Trinajstić information content (AvgIpc) is 2.84. The first-order valence-electron chi connectivity index (χ1n) is 4.71. The Morgan fingerprint density at radius 3 is 2.80 bits per heavy atom. The van der Waals surface area contributed by atoms with Crippen LogP contribution in [0.4, 0.5) is 0 Å². The van der Waals surface area contributed by atoms with Gasteiger partial charge in [-0.1, -0.05) is 18.7 Å². The van der Waals surface area contributed by atoms with E-state index in [4.69, 9.17) is 4.42 Å². The number of hydrogen-bond donors (Lipinski definition) is 0. The Labute approximate surface area is 91.9 Å². The van der Waals surface area contributed by atoms with E-state index in [-0.39, 0.29) is 0 Å². The zero-order valence-corrected chi connectivity index (χ0v) is 9.49. The van der Waals surface area contributed by atoms with Crippen molar-refractivity contribution in [1.82, 2.24) is 19.7 Å². The summed E-state index contributed by atoms with van der Waals surface area (Å²) in [5.74, 6) is 2.00. The molecule has 0 radical (unpaired) electrons. The SMILES string of the molecule is CCc1nnc(CSc2nccn2C)o1. The van der Waals surface area contributed by atoms with Crippen molar-refractivity contribution in [3.63, 3.8) is 0 Å². The van der Waals surface area contributed by atoms with Gasteiger partial charge in [-0.2, -0.15) is 0 Å². The molecule has 80 valence electrons. The topological polar surface area (TPSA) is 56.7 Å². The normalized spacial score (nSPS) is 10.8. The summed E-state index contributed by atoms with van der Waals surface area (Å²) in [7, 11) is 1.96. The van der Waals surface area contributed by atoms with E-state index in [1.807, 2.05) is 24.7 Å². The zero-order valence-electron chi connectivity index (χ0n) is 8.67. The van der Waals surface area contributed by atoms with E-state index >= 15 is 0 Å². The van der Waals surface area contributed by atoms with E-state index in [9.17, 15) is 0 Å². The van der Waals surface area contributed by atoms with Gasteiger partial charge in [0, 0.05) is 25.9 Å². The van der Waals surface area contributed by atoms with Gasteiger partial charge >= 0.3 is 0 Å². The van der Waals surface area contributed by atoms with Crippen molar-refractivity contribution in [2.45, 2.75) is 24.3 Å². The summed E-state index contributed by atoms with van der Waals surface area (Å²) in [6.45, 7) is 1.99. The summed E-state index contributed by atoms with van der Waals surface area (Å²) in [6.07, 6.45) is 4.46. The third-order valence-corrected chi connectivity index (χ3v) is 2.96. The third kappa shape index (κ3) is 2.38. The van der Waals surface area contributed by atoms with Crippen molar-refractivity contribution in [1.29, 1.82) is 0 Å². The van der Waals surface area contributed by atoms with Gasteiger partial charge in [0.05, 0.1) is 5.75 Å². The predicted molar refractivity (Wildman–Crippen MR) is 56.4 cm³/mol. The van der Waals surface area contributed by atoms with Crippen molar-refractivity contribution >= 4 is 11.8 Å². The fourth-order valence-electron chi connectivity index (χ4n) is 1.11. The van der Waals surface area contributed by atoms with Crippen LogP contribution in [0.1, 0.15) is 18.7 Å². The molecule has 0 unspecified atom stereocenters. The number of thioether (sulfide) groups is 1. The second kappa shape index (κ2) is 4.48. The van der Waals surface area contributed by atoms with Crippen LogP contribution in [0, 0.1) is 0 Å². The van der Waals surface area contributed by atoms with Crippen LogP contribution < -0.4 is 0 Å². The van der Waals surface area contributed by atoms with Gasteiger partial charge in [0.1, 0.15) is 0 Å². The Hall–Kier alpha value is -1.30. The maximum Gasteiger partial charge on any atom is 0.226 e. The highest BCUT2D eigenvalue weighted by atomic mass is 32.2. The molecule has 0 aliphatic carbocycles. The van der Waals surface area contributed by atoms with Crippen LogP contribution in [-0.2, 0) is 19.2 Å². The average molecular weight is 224 g/mol. The summed E-state index contributed by atoms with van der Waals surface area (Å²) >= 11 is 1.59. The Bertz CT molecular complexity index is 437. The molecule has 2 heterocycles. The molecule has 2 aromatic rings. The van der Waals surface area contributed by atoms with Gasteiger partial charge < -0.3 is 8.98 Å². The monoisotopic (exact) mass is 224 g/mol. The molecule has 0 fully saturated rings. The van der Waals surface area contributed by atoms with Crippen LogP contribution in [0.2, 0.25) is 0 Å². The number of aryl methyl sites for hydroxylation is 2. The molecule has 6 heteroatoms. The van der Waals surface area contributed by atoms with E-state index in [1.165, 1.54) is 0 Å². The lowest BCUT2D eigenvalue weighted by Crippen LogP contribution is -1.89. The minimum atomic E-state index is 0.653. The Kier molecular flexibility index (Phi) is 3.05. The zero-order chi connectivity index (χ0) is 10.7. The van der Waals surface area contributed by atoms with Crippen LogP contribution >= 0.6 is 11.8 Å². The summed E-state index contributed by atoms with van der Waals surface area (Å²) in [6, 6.07) is 0. The van der Waals surface area contributed by atoms with Gasteiger partial charge in [0.2, 0.25) is 11.8 Å². The van der Waals surface area contributed by atoms with Crippen LogP contribution in [-0.4, -0.2) is 19.7 Å². The van der Waals surface area contributed by atoms with Crippen LogP contribution in [0.5, 0.6) is 0 Å². The Balaban J connectivity index is 1.96. The highest BCUT2D eigenvalue weighted by Crippen LogP contribution is 2.19. The summed E-state index contributed by atoms with van der Waals surface area (Å²) < 4.78 is 7.35. The van der Waals surface area contributed by atoms with Gasteiger partial charge in [0.25, 0.3) is 0 Å². The maximum absolute atomic E-state index is 5.39. The molecular formula is C9H12N4OS. The number of hydrogen-bond acceptors (Lipinski definition) is 5. The molecule has 5 nitrogen and oxygen atoms in total. The standard InChI is InChI=1S/C9H12N4OS/c1-3-7-11-12-8(14-7)6-15-9-10-4-5-13(9)2/h4-5H,3,6H2,1-2H3. The van der Waals surface area contributed by atoms with E-state index in [1.54, 1.807) is 18.0 Å². The Morgan fingerprint density at radius 2 is 2.20 bits per heavy atom. The van der Waals surface area contributed by atoms with E-state index in [2.05, 4.69) is 15.2 Å². The van der Waals surface area contributed by atoms with Gasteiger partial charge in [-0.15, -0.1) is 10.2 Å². The lowest BCUT2D eigenvalue weighted by atomic mass is 10.5. The number of nitrogens with zero attached hydrogens (tertiary/aromatic N) is 4. The smallest absolute Gasteiger partial charge is 0.226 e. The molecule has 0 amide bonds. The lowest BCUT2D eigenvalue weighted by Gasteiger charge is -1.97. The third-order valence-electron chi connectivity index (χ3n) is 1.91. The van der Waals surface area contributed by atoms with Crippen LogP contribution in [0.15, 0.2) is 22.0 Å². The molecular weight excluding hydrogens is 212 g/mol. The minimum absolute atomic E-state index is 0.653. The van der Waals surface area contributed by atoms with E-state index in [0.717, 1.165) is 11.6 Å². The van der Waals surface area contributed by atoms with E-state index < -0.39 is 0 Å². The quantitative estimate of drug-likeness (QED) is 0.739. The molecule has 0 aliphatic rings. The van der Waals surface area contributed by atoms with E-state index in [0.29, 0.717) is 17.5 Å². The summed E-state index contributed by atoms with van der Waals surface area (Å²) in [5.41, 5.74) is 0. The van der Waals surface area contributed by atoms with Crippen molar-refractivity contribution in [2.75, 3.05) is 0 Å². The summed E-state index contributed by atoms with van der Waals surface area (Å²) in [4.78, 5) is 4.19. The van der Waals surface area contributed by atoms with Gasteiger partial charge in [-0.25, -0.2) is 4.98 Å². The molecule has 0 saturated heterocycles. The second-order valence-electron chi connectivity index (χ2n) is 3.05. The highest BCUT2D eigenvalue weighted by Gasteiger charge is 2.06. The summed E-state index contributed by atoms with van der Waals surface area (Å²) in [5, 5.41) is 8.79. The number of imidazole rings is 1. The van der Waals surface area contributed by atoms with Gasteiger partial charge in [-0.3, -0.25) is 0 Å². The molecule has 0 bridgehead atoms. The molecule has 0 aliphatic heterocycles. The molecule has 0 saturated carbocycles. The van der Waals surface area contributed by atoms with Crippen LogP contribution in [0.3, 0.4) is 0 Å². The fraction of sp³-hybridized carbons (Fsp3) is 0.444. The molecule has 0 atom stereocenters. The first-order chi connectivity index (χ1) is 7.29. The second-order valence-corrected chi connectivity index (χ2v) is 3.99. The molecule has 0 spiro atoms. The predicted octanol–water partition coefficient (Wildman–Crippen LogP) is 1.66. The number of rotatable bonds is 4. The van der Waals surface area contributed by atoms with Crippen molar-refractivity contribution < 1.29 is 4.42 Å². The highest BCUT2D eigenvalue weighted by molar-refractivity contribution is 7.98. The first kappa shape index (κ1) is 10.2. The maximum atomic E-state index is 5.39. The lowest BCUT2D eigenvalue weighted by molar-refractivity contribution is 0.469. The van der Waals surface area contributed by atoms with Crippen molar-refractivity contribution in [2.24, 2.45) is 7.05 Å². The van der Waals surface area contributed by atoms with Crippen LogP contribution in [0.25, 0.3) is 0 Å². The van der Waals surface area contributed by atoms with Gasteiger partial charge in [0.15, 0.2) is 5.16 Å². The molecule has 2 rings (SSSR count). The number of aromatic nitrogens is 4. The molecule has 0 aromatic carbocycles.